The molecule has 0 aliphatic carbocycles. The number of carbonyl (C=O) groups excluding carboxylic acids is 2. The molecular formula is C18H20N4O3. The molecule has 4 heterocycles. The van der Waals surface area contributed by atoms with Crippen molar-refractivity contribution in [2.45, 2.75) is 19.3 Å². The zero-order valence-electron chi connectivity index (χ0n) is 13.9. The van der Waals surface area contributed by atoms with Gasteiger partial charge in [0.2, 0.25) is 0 Å². The van der Waals surface area contributed by atoms with Crippen molar-refractivity contribution in [3.8, 4) is 0 Å². The van der Waals surface area contributed by atoms with Gasteiger partial charge in [-0.25, -0.2) is 4.98 Å². The van der Waals surface area contributed by atoms with Gasteiger partial charge in [0.05, 0.1) is 12.5 Å². The van der Waals surface area contributed by atoms with Crippen LogP contribution in [0.5, 0.6) is 0 Å². The van der Waals surface area contributed by atoms with Gasteiger partial charge in [0, 0.05) is 44.0 Å². The predicted molar refractivity (Wildman–Crippen MR) is 88.8 cm³/mol. The molecule has 130 valence electrons. The lowest BCUT2D eigenvalue weighted by Gasteiger charge is -2.40. The largest absolute Gasteiger partial charge is 0.459 e. The Morgan fingerprint density at radius 3 is 2.64 bits per heavy atom. The normalized spacial score (nSPS) is 23.2. The number of furan rings is 1. The zero-order valence-corrected chi connectivity index (χ0v) is 13.9. The first-order chi connectivity index (χ1) is 12.2. The average Bonchev–Trinajstić information content (AvgIpc) is 3.32. The molecule has 0 saturated carbocycles. The van der Waals surface area contributed by atoms with Gasteiger partial charge in [-0.15, -0.1) is 0 Å². The fraction of sp³-hybridized carbons (Fsp3) is 0.444. The van der Waals surface area contributed by atoms with Gasteiger partial charge in [-0.2, -0.15) is 0 Å². The summed E-state index contributed by atoms with van der Waals surface area (Å²) in [6.07, 6.45) is 8.98. The molecule has 25 heavy (non-hydrogen) atoms. The highest BCUT2D eigenvalue weighted by atomic mass is 16.3. The van der Waals surface area contributed by atoms with Gasteiger partial charge in [-0.3, -0.25) is 14.6 Å². The highest BCUT2D eigenvalue weighted by Crippen LogP contribution is 2.39. The van der Waals surface area contributed by atoms with Gasteiger partial charge in [0.1, 0.15) is 5.69 Å². The molecule has 0 N–H and O–H groups in total. The first-order valence-corrected chi connectivity index (χ1v) is 8.55. The number of carbonyl (C=O) groups is 2. The summed E-state index contributed by atoms with van der Waals surface area (Å²) in [5, 5.41) is 0. The monoisotopic (exact) mass is 340 g/mol. The summed E-state index contributed by atoms with van der Waals surface area (Å²) in [6.45, 7) is 2.75. The molecule has 1 spiro atoms. The molecule has 0 bridgehead atoms. The average molecular weight is 340 g/mol. The second-order valence-corrected chi connectivity index (χ2v) is 6.87. The van der Waals surface area contributed by atoms with Crippen LogP contribution in [-0.2, 0) is 0 Å². The van der Waals surface area contributed by atoms with E-state index in [4.69, 9.17) is 4.42 Å². The van der Waals surface area contributed by atoms with Crippen LogP contribution in [0.25, 0.3) is 0 Å². The Labute approximate surface area is 145 Å². The number of hydrogen-bond acceptors (Lipinski definition) is 5. The summed E-state index contributed by atoms with van der Waals surface area (Å²) >= 11 is 0. The molecule has 2 aromatic heterocycles. The van der Waals surface area contributed by atoms with E-state index in [9.17, 15) is 9.59 Å². The number of amides is 2. The maximum absolute atomic E-state index is 12.6. The number of aromatic nitrogens is 2. The molecule has 0 radical (unpaired) electrons. The van der Waals surface area contributed by atoms with Crippen LogP contribution in [0.3, 0.4) is 0 Å². The molecule has 2 saturated heterocycles. The van der Waals surface area contributed by atoms with Gasteiger partial charge in [0.15, 0.2) is 5.76 Å². The maximum atomic E-state index is 12.6. The van der Waals surface area contributed by atoms with Crippen LogP contribution < -0.4 is 0 Å². The predicted octanol–water partition coefficient (Wildman–Crippen LogP) is 1.84. The first-order valence-electron chi connectivity index (χ1n) is 8.55. The SMILES string of the molecule is O=C(c1cnccn1)N1CC[C@]2(CCCN(C(=O)c3ccco3)C2)C1. The summed E-state index contributed by atoms with van der Waals surface area (Å²) < 4.78 is 5.25. The Bertz CT molecular complexity index is 762. The van der Waals surface area contributed by atoms with Gasteiger partial charge in [0.25, 0.3) is 11.8 Å². The van der Waals surface area contributed by atoms with Crippen molar-refractivity contribution in [3.05, 3.63) is 48.4 Å². The molecule has 0 aromatic carbocycles. The fourth-order valence-corrected chi connectivity index (χ4v) is 3.95. The van der Waals surface area contributed by atoms with Gasteiger partial charge in [-0.1, -0.05) is 0 Å². The van der Waals surface area contributed by atoms with Crippen LogP contribution in [0.4, 0.5) is 0 Å². The molecule has 2 aliphatic rings. The summed E-state index contributed by atoms with van der Waals surface area (Å²) in [5.41, 5.74) is 0.345. The van der Waals surface area contributed by atoms with E-state index in [1.54, 1.807) is 18.3 Å². The Kier molecular flexibility index (Phi) is 3.99. The van der Waals surface area contributed by atoms with Crippen molar-refractivity contribution in [1.82, 2.24) is 19.8 Å². The van der Waals surface area contributed by atoms with Crippen molar-refractivity contribution in [2.75, 3.05) is 26.2 Å². The topological polar surface area (TPSA) is 79.5 Å². The minimum Gasteiger partial charge on any atom is -0.459 e. The van der Waals surface area contributed by atoms with Crippen LogP contribution in [0.2, 0.25) is 0 Å². The molecule has 2 fully saturated rings. The Hall–Kier alpha value is -2.70. The molecule has 7 heteroatoms. The van der Waals surface area contributed by atoms with Crippen molar-refractivity contribution < 1.29 is 14.0 Å². The number of rotatable bonds is 2. The summed E-state index contributed by atoms with van der Waals surface area (Å²) in [4.78, 5) is 36.9. The van der Waals surface area contributed by atoms with Gasteiger partial charge in [-0.05, 0) is 31.4 Å². The summed E-state index contributed by atoms with van der Waals surface area (Å²) in [7, 11) is 0. The second kappa shape index (κ2) is 6.31. The lowest BCUT2D eigenvalue weighted by molar-refractivity contribution is 0.0489. The number of piperidine rings is 1. The van der Waals surface area contributed by atoms with Gasteiger partial charge < -0.3 is 14.2 Å². The highest BCUT2D eigenvalue weighted by molar-refractivity contribution is 5.92. The zero-order chi connectivity index (χ0) is 17.3. The molecule has 4 rings (SSSR count). The van der Waals surface area contributed by atoms with Crippen LogP contribution >= 0.6 is 0 Å². The minimum atomic E-state index is -0.0838. The maximum Gasteiger partial charge on any atom is 0.289 e. The van der Waals surface area contributed by atoms with E-state index in [0.717, 1.165) is 25.8 Å². The quantitative estimate of drug-likeness (QED) is 0.833. The summed E-state index contributed by atoms with van der Waals surface area (Å²) in [6, 6.07) is 3.42. The van der Waals surface area contributed by atoms with E-state index < -0.39 is 0 Å². The third-order valence-electron chi connectivity index (χ3n) is 5.19. The van der Waals surface area contributed by atoms with E-state index in [2.05, 4.69) is 9.97 Å². The van der Waals surface area contributed by atoms with Crippen LogP contribution in [0, 0.1) is 5.41 Å². The Morgan fingerprint density at radius 2 is 1.92 bits per heavy atom. The van der Waals surface area contributed by atoms with E-state index in [1.165, 1.54) is 18.7 Å². The lowest BCUT2D eigenvalue weighted by Crippen LogP contribution is -2.47. The highest BCUT2D eigenvalue weighted by Gasteiger charge is 2.44. The molecule has 1 atom stereocenters. The van der Waals surface area contributed by atoms with Crippen LogP contribution in [0.15, 0.2) is 41.4 Å². The molecule has 2 aliphatic heterocycles. The Morgan fingerprint density at radius 1 is 1.08 bits per heavy atom. The van der Waals surface area contributed by atoms with Crippen LogP contribution in [0.1, 0.15) is 40.3 Å². The molecule has 2 amide bonds. The van der Waals surface area contributed by atoms with Crippen molar-refractivity contribution in [2.24, 2.45) is 5.41 Å². The Balaban J connectivity index is 1.46. The van der Waals surface area contributed by atoms with E-state index in [-0.39, 0.29) is 17.2 Å². The third-order valence-corrected chi connectivity index (χ3v) is 5.19. The van der Waals surface area contributed by atoms with Crippen molar-refractivity contribution in [3.63, 3.8) is 0 Å². The molecule has 2 aromatic rings. The number of nitrogens with zero attached hydrogens (tertiary/aromatic N) is 4. The van der Waals surface area contributed by atoms with E-state index in [0.29, 0.717) is 31.1 Å². The van der Waals surface area contributed by atoms with E-state index >= 15 is 0 Å². The fourth-order valence-electron chi connectivity index (χ4n) is 3.95. The molecular weight excluding hydrogens is 320 g/mol. The molecule has 7 nitrogen and oxygen atoms in total. The lowest BCUT2D eigenvalue weighted by atomic mass is 9.79. The second-order valence-electron chi connectivity index (χ2n) is 6.87. The van der Waals surface area contributed by atoms with E-state index in [1.807, 2.05) is 9.80 Å². The third kappa shape index (κ3) is 3.01. The van der Waals surface area contributed by atoms with Gasteiger partial charge >= 0.3 is 0 Å². The standard InChI is InChI=1S/C18H20N4O3/c23-16(14-11-19-6-7-20-14)22-9-5-18(13-22)4-2-8-21(12-18)17(24)15-3-1-10-25-15/h1,3,6-7,10-11H,2,4-5,8-9,12-13H2/t18-/m0/s1. The molecule has 0 unspecified atom stereocenters. The minimum absolute atomic E-state index is 0.0294. The van der Waals surface area contributed by atoms with Crippen LogP contribution in [-0.4, -0.2) is 57.8 Å². The summed E-state index contributed by atoms with van der Waals surface area (Å²) in [5.74, 6) is 0.227. The van der Waals surface area contributed by atoms with Crippen molar-refractivity contribution >= 4 is 11.8 Å². The number of likely N-dealkylation sites (tertiary alicyclic amines) is 2. The van der Waals surface area contributed by atoms with Crippen molar-refractivity contribution in [1.29, 1.82) is 0 Å². The number of hydrogen-bond donors (Lipinski definition) is 0. The first kappa shape index (κ1) is 15.8. The smallest absolute Gasteiger partial charge is 0.289 e.